The summed E-state index contributed by atoms with van der Waals surface area (Å²) < 4.78 is 31.7. The predicted octanol–water partition coefficient (Wildman–Crippen LogP) is 3.25. The highest BCUT2D eigenvalue weighted by atomic mass is 19.4. The van der Waals surface area contributed by atoms with Crippen LogP contribution in [0.5, 0.6) is 0 Å². The molecule has 0 bridgehead atoms. The number of carboxylic acids is 1. The molecule has 4 rings (SSSR count). The van der Waals surface area contributed by atoms with Crippen LogP contribution in [0.1, 0.15) is 29.5 Å². The van der Waals surface area contributed by atoms with E-state index in [9.17, 15) is 18.0 Å². The monoisotopic (exact) mass is 449 g/mol. The number of anilines is 1. The van der Waals surface area contributed by atoms with Gasteiger partial charge in [-0.2, -0.15) is 13.2 Å². The van der Waals surface area contributed by atoms with E-state index in [0.717, 1.165) is 44.5 Å². The van der Waals surface area contributed by atoms with Crippen LogP contribution in [0.25, 0.3) is 0 Å². The van der Waals surface area contributed by atoms with E-state index in [-0.39, 0.29) is 11.9 Å². The standard InChI is InChI=1S/C21H25N3O.C2HF3O2/c25-21(19-5-3-12-22-19)23-14-16-7-9-17(10-8-16)15-24-13-11-18-4-1-2-6-20(18)24;3-2(4,5)1(6)7/h1-2,4,6-10,19,22H,3,5,11-15H2,(H,23,25);(H,6,7). The molecule has 0 radical (unpaired) electrons. The van der Waals surface area contributed by atoms with Gasteiger partial charge in [0.2, 0.25) is 5.91 Å². The number of nitrogens with one attached hydrogen (secondary N) is 2. The number of hydrogen-bond donors (Lipinski definition) is 3. The number of hydrogen-bond acceptors (Lipinski definition) is 4. The Hall–Kier alpha value is -3.07. The van der Waals surface area contributed by atoms with Crippen LogP contribution in [0.4, 0.5) is 18.9 Å². The number of carboxylic acid groups (broad SMARTS) is 1. The van der Waals surface area contributed by atoms with Crippen molar-refractivity contribution in [1.82, 2.24) is 10.6 Å². The molecule has 2 aromatic carbocycles. The van der Waals surface area contributed by atoms with Crippen LogP contribution in [-0.4, -0.2) is 42.3 Å². The highest BCUT2D eigenvalue weighted by Gasteiger charge is 2.38. The van der Waals surface area contributed by atoms with Gasteiger partial charge in [-0.3, -0.25) is 4.79 Å². The zero-order chi connectivity index (χ0) is 23.1. The van der Waals surface area contributed by atoms with Crippen LogP contribution in [0.15, 0.2) is 48.5 Å². The molecule has 9 heteroatoms. The maximum absolute atomic E-state index is 12.1. The zero-order valence-electron chi connectivity index (χ0n) is 17.5. The molecule has 2 aliphatic heterocycles. The lowest BCUT2D eigenvalue weighted by Gasteiger charge is -2.19. The second-order valence-corrected chi connectivity index (χ2v) is 7.79. The summed E-state index contributed by atoms with van der Waals surface area (Å²) in [6, 6.07) is 17.3. The van der Waals surface area contributed by atoms with Gasteiger partial charge >= 0.3 is 12.1 Å². The van der Waals surface area contributed by atoms with E-state index in [2.05, 4.69) is 64.1 Å². The smallest absolute Gasteiger partial charge is 0.475 e. The summed E-state index contributed by atoms with van der Waals surface area (Å²) in [6.45, 7) is 3.58. The number of fused-ring (bicyclic) bond motifs is 1. The third-order valence-corrected chi connectivity index (χ3v) is 5.47. The summed E-state index contributed by atoms with van der Waals surface area (Å²) >= 11 is 0. The number of halogens is 3. The number of alkyl halides is 3. The van der Waals surface area contributed by atoms with E-state index >= 15 is 0 Å². The molecule has 2 aromatic rings. The van der Waals surface area contributed by atoms with Gasteiger partial charge in [0, 0.05) is 25.3 Å². The van der Waals surface area contributed by atoms with Gasteiger partial charge < -0.3 is 20.6 Å². The molecule has 172 valence electrons. The van der Waals surface area contributed by atoms with Gasteiger partial charge in [0.15, 0.2) is 0 Å². The predicted molar refractivity (Wildman–Crippen MR) is 114 cm³/mol. The fourth-order valence-corrected chi connectivity index (χ4v) is 3.77. The van der Waals surface area contributed by atoms with E-state index in [1.165, 1.54) is 16.8 Å². The molecule has 2 aliphatic rings. The topological polar surface area (TPSA) is 81.7 Å². The Morgan fingerprint density at radius 3 is 2.38 bits per heavy atom. The van der Waals surface area contributed by atoms with Crippen LogP contribution in [0.3, 0.4) is 0 Å². The minimum Gasteiger partial charge on any atom is -0.475 e. The van der Waals surface area contributed by atoms with Crippen LogP contribution in [-0.2, 0) is 29.1 Å². The van der Waals surface area contributed by atoms with E-state index in [4.69, 9.17) is 9.90 Å². The summed E-state index contributed by atoms with van der Waals surface area (Å²) in [5.41, 5.74) is 5.27. The molecule has 32 heavy (non-hydrogen) atoms. The van der Waals surface area contributed by atoms with E-state index in [1.54, 1.807) is 0 Å². The summed E-state index contributed by atoms with van der Waals surface area (Å²) in [5.74, 6) is -2.64. The Morgan fingerprint density at radius 1 is 1.09 bits per heavy atom. The molecule has 0 aromatic heterocycles. The van der Waals surface area contributed by atoms with Crippen molar-refractivity contribution in [2.75, 3.05) is 18.0 Å². The van der Waals surface area contributed by atoms with E-state index in [1.807, 2.05) is 0 Å². The average molecular weight is 449 g/mol. The average Bonchev–Trinajstić information content (AvgIpc) is 3.44. The largest absolute Gasteiger partial charge is 0.490 e. The molecule has 2 heterocycles. The molecule has 0 saturated carbocycles. The van der Waals surface area contributed by atoms with Crippen molar-refractivity contribution in [3.63, 3.8) is 0 Å². The molecule has 1 amide bonds. The van der Waals surface area contributed by atoms with Crippen LogP contribution >= 0.6 is 0 Å². The van der Waals surface area contributed by atoms with Gasteiger partial charge in [0.25, 0.3) is 0 Å². The first-order chi connectivity index (χ1) is 15.2. The van der Waals surface area contributed by atoms with Crippen molar-refractivity contribution >= 4 is 17.6 Å². The van der Waals surface area contributed by atoms with Crippen molar-refractivity contribution in [2.24, 2.45) is 0 Å². The molecule has 6 nitrogen and oxygen atoms in total. The van der Waals surface area contributed by atoms with Crippen molar-refractivity contribution in [3.8, 4) is 0 Å². The van der Waals surface area contributed by atoms with Gasteiger partial charge in [-0.25, -0.2) is 4.79 Å². The van der Waals surface area contributed by atoms with Gasteiger partial charge in [-0.15, -0.1) is 0 Å². The molecule has 1 unspecified atom stereocenters. The normalized spacial score (nSPS) is 17.3. The fraction of sp³-hybridized carbons (Fsp3) is 0.391. The van der Waals surface area contributed by atoms with Crippen LogP contribution < -0.4 is 15.5 Å². The summed E-state index contributed by atoms with van der Waals surface area (Å²) in [7, 11) is 0. The summed E-state index contributed by atoms with van der Waals surface area (Å²) in [5, 5.41) is 13.4. The van der Waals surface area contributed by atoms with E-state index < -0.39 is 12.1 Å². The van der Waals surface area contributed by atoms with Crippen LogP contribution in [0, 0.1) is 0 Å². The van der Waals surface area contributed by atoms with E-state index in [0.29, 0.717) is 6.54 Å². The first-order valence-corrected chi connectivity index (χ1v) is 10.5. The van der Waals surface area contributed by atoms with Crippen molar-refractivity contribution in [2.45, 2.75) is 44.6 Å². The SMILES string of the molecule is O=C(NCc1ccc(CN2CCc3ccccc32)cc1)C1CCCN1.O=C(O)C(F)(F)F. The lowest BCUT2D eigenvalue weighted by Crippen LogP contribution is -2.39. The Labute approximate surface area is 184 Å². The Kier molecular flexibility index (Phi) is 7.74. The van der Waals surface area contributed by atoms with Crippen molar-refractivity contribution in [1.29, 1.82) is 0 Å². The quantitative estimate of drug-likeness (QED) is 0.653. The third-order valence-electron chi connectivity index (χ3n) is 5.47. The number of carbonyl (C=O) groups excluding carboxylic acids is 1. The first-order valence-electron chi connectivity index (χ1n) is 10.5. The number of aliphatic carboxylic acids is 1. The van der Waals surface area contributed by atoms with Crippen molar-refractivity contribution in [3.05, 3.63) is 65.2 Å². The third kappa shape index (κ3) is 6.46. The molecule has 1 atom stereocenters. The number of para-hydroxylation sites is 1. The number of amides is 1. The second kappa shape index (κ2) is 10.5. The minimum atomic E-state index is -5.08. The number of carbonyl (C=O) groups is 2. The molecule has 0 spiro atoms. The van der Waals surface area contributed by atoms with Gasteiger partial charge in [0.05, 0.1) is 6.04 Å². The van der Waals surface area contributed by atoms with Gasteiger partial charge in [0.1, 0.15) is 0 Å². The molecular formula is C23H26F3N3O3. The highest BCUT2D eigenvalue weighted by molar-refractivity contribution is 5.82. The highest BCUT2D eigenvalue weighted by Crippen LogP contribution is 2.28. The second-order valence-electron chi connectivity index (χ2n) is 7.79. The molecule has 1 fully saturated rings. The fourth-order valence-electron chi connectivity index (χ4n) is 3.77. The molecular weight excluding hydrogens is 423 g/mol. The molecule has 0 aliphatic carbocycles. The number of rotatable bonds is 5. The summed E-state index contributed by atoms with van der Waals surface area (Å²) in [4.78, 5) is 23.4. The molecule has 1 saturated heterocycles. The molecule has 3 N–H and O–H groups in total. The number of nitrogens with zero attached hydrogens (tertiary/aromatic N) is 1. The van der Waals surface area contributed by atoms with Gasteiger partial charge in [-0.05, 0) is 48.6 Å². The first kappa shape index (κ1) is 23.6. The summed E-state index contributed by atoms with van der Waals surface area (Å²) in [6.07, 6.45) is -1.91. The number of benzene rings is 2. The van der Waals surface area contributed by atoms with Crippen LogP contribution in [0.2, 0.25) is 0 Å². The Balaban J connectivity index is 0.000000360. The van der Waals surface area contributed by atoms with Crippen molar-refractivity contribution < 1.29 is 27.9 Å². The lowest BCUT2D eigenvalue weighted by atomic mass is 10.1. The Morgan fingerprint density at radius 2 is 1.75 bits per heavy atom. The minimum absolute atomic E-state index is 0.00509. The van der Waals surface area contributed by atoms with Gasteiger partial charge in [-0.1, -0.05) is 42.5 Å². The maximum atomic E-state index is 12.1. The maximum Gasteiger partial charge on any atom is 0.490 e. The lowest BCUT2D eigenvalue weighted by molar-refractivity contribution is -0.192. The zero-order valence-corrected chi connectivity index (χ0v) is 17.5. The Bertz CT molecular complexity index is 926.